The first-order chi connectivity index (χ1) is 8.61. The summed E-state index contributed by atoms with van der Waals surface area (Å²) in [5, 5.41) is 9.76. The normalized spacial score (nSPS) is 9.89. The highest BCUT2D eigenvalue weighted by Crippen LogP contribution is 2.29. The molecule has 90 valence electrons. The van der Waals surface area contributed by atoms with E-state index in [9.17, 15) is 0 Å². The number of benzene rings is 2. The second-order valence-electron chi connectivity index (χ2n) is 4.17. The monoisotopic (exact) mass is 256 g/mol. The Labute approximate surface area is 112 Å². The zero-order valence-corrected chi connectivity index (χ0v) is 11.1. The fourth-order valence-corrected chi connectivity index (χ4v) is 1.95. The number of nitrogens with zero attached hydrogens (tertiary/aromatic N) is 2. The highest BCUT2D eigenvalue weighted by molar-refractivity contribution is 6.30. The maximum absolute atomic E-state index is 9.13. The molecule has 0 amide bonds. The van der Waals surface area contributed by atoms with Crippen LogP contribution in [0.25, 0.3) is 0 Å². The molecule has 18 heavy (non-hydrogen) atoms. The minimum atomic E-state index is 0.613. The van der Waals surface area contributed by atoms with E-state index in [1.807, 2.05) is 43.1 Å². The predicted molar refractivity (Wildman–Crippen MR) is 75.4 cm³/mol. The van der Waals surface area contributed by atoms with Crippen LogP contribution in [0, 0.1) is 18.3 Å². The lowest BCUT2D eigenvalue weighted by molar-refractivity contribution is 1.20. The topological polar surface area (TPSA) is 27.0 Å². The molecule has 0 radical (unpaired) electrons. The zero-order valence-electron chi connectivity index (χ0n) is 10.3. The van der Waals surface area contributed by atoms with Crippen molar-refractivity contribution in [2.24, 2.45) is 0 Å². The van der Waals surface area contributed by atoms with Gasteiger partial charge in [0, 0.05) is 17.8 Å². The van der Waals surface area contributed by atoms with E-state index in [2.05, 4.69) is 6.07 Å². The molecule has 2 nitrogen and oxygen atoms in total. The van der Waals surface area contributed by atoms with Gasteiger partial charge in [0.1, 0.15) is 6.07 Å². The largest absolute Gasteiger partial charge is 0.344 e. The molecule has 0 spiro atoms. The third-order valence-electron chi connectivity index (χ3n) is 2.86. The van der Waals surface area contributed by atoms with Gasteiger partial charge < -0.3 is 4.90 Å². The van der Waals surface area contributed by atoms with Crippen molar-refractivity contribution < 1.29 is 0 Å². The Kier molecular flexibility index (Phi) is 3.55. The van der Waals surface area contributed by atoms with E-state index < -0.39 is 0 Å². The average Bonchev–Trinajstić information content (AvgIpc) is 2.39. The molecule has 0 saturated carbocycles. The van der Waals surface area contributed by atoms with Crippen LogP contribution >= 0.6 is 11.6 Å². The number of aryl methyl sites for hydroxylation is 1. The van der Waals surface area contributed by atoms with Crippen molar-refractivity contribution in [1.29, 1.82) is 5.26 Å². The van der Waals surface area contributed by atoms with Gasteiger partial charge in [0.2, 0.25) is 0 Å². The molecule has 2 aromatic carbocycles. The summed E-state index contributed by atoms with van der Waals surface area (Å²) < 4.78 is 0. The van der Waals surface area contributed by atoms with E-state index in [0.717, 1.165) is 11.4 Å². The van der Waals surface area contributed by atoms with Crippen LogP contribution in [0.2, 0.25) is 5.02 Å². The lowest BCUT2D eigenvalue weighted by Crippen LogP contribution is -2.10. The molecule has 2 rings (SSSR count). The van der Waals surface area contributed by atoms with Crippen LogP contribution in [-0.4, -0.2) is 7.05 Å². The van der Waals surface area contributed by atoms with Crippen molar-refractivity contribution in [3.05, 3.63) is 58.6 Å². The molecule has 3 heteroatoms. The summed E-state index contributed by atoms with van der Waals surface area (Å²) >= 11 is 5.99. The van der Waals surface area contributed by atoms with Gasteiger partial charge in [0.15, 0.2) is 0 Å². The summed E-state index contributed by atoms with van der Waals surface area (Å²) in [6, 6.07) is 15.6. The van der Waals surface area contributed by atoms with Crippen molar-refractivity contribution in [2.45, 2.75) is 6.92 Å². The Balaban J connectivity index is 2.45. The Morgan fingerprint density at radius 1 is 1.11 bits per heavy atom. The van der Waals surface area contributed by atoms with Crippen LogP contribution in [0.4, 0.5) is 11.4 Å². The average molecular weight is 257 g/mol. The lowest BCUT2D eigenvalue weighted by Gasteiger charge is -2.21. The first-order valence-corrected chi connectivity index (χ1v) is 5.99. The van der Waals surface area contributed by atoms with Crippen LogP contribution in [0.5, 0.6) is 0 Å². The molecule has 2 aromatic rings. The molecular formula is C15H13ClN2. The van der Waals surface area contributed by atoms with E-state index >= 15 is 0 Å². The molecule has 0 N–H and O–H groups in total. The van der Waals surface area contributed by atoms with E-state index in [-0.39, 0.29) is 0 Å². The molecule has 0 fully saturated rings. The third-order valence-corrected chi connectivity index (χ3v) is 3.10. The highest BCUT2D eigenvalue weighted by Gasteiger charge is 2.09. The summed E-state index contributed by atoms with van der Waals surface area (Å²) in [4.78, 5) is 1.96. The SMILES string of the molecule is Cc1ccc(N(C)c2cc(Cl)ccc2C#N)cc1. The number of rotatable bonds is 2. The fraction of sp³-hybridized carbons (Fsp3) is 0.133. The zero-order chi connectivity index (χ0) is 13.1. The van der Waals surface area contributed by atoms with Crippen molar-refractivity contribution in [1.82, 2.24) is 0 Å². The Hall–Kier alpha value is -1.98. The van der Waals surface area contributed by atoms with E-state index in [1.165, 1.54) is 5.56 Å². The minimum absolute atomic E-state index is 0.613. The van der Waals surface area contributed by atoms with Crippen molar-refractivity contribution in [2.75, 3.05) is 11.9 Å². The van der Waals surface area contributed by atoms with Gasteiger partial charge in [-0.2, -0.15) is 5.26 Å². The Morgan fingerprint density at radius 2 is 1.78 bits per heavy atom. The number of hydrogen-bond acceptors (Lipinski definition) is 2. The van der Waals surface area contributed by atoms with Gasteiger partial charge >= 0.3 is 0 Å². The molecule has 0 unspecified atom stereocenters. The highest BCUT2D eigenvalue weighted by atomic mass is 35.5. The molecule has 0 aliphatic rings. The maximum Gasteiger partial charge on any atom is 0.101 e. The van der Waals surface area contributed by atoms with Crippen LogP contribution in [-0.2, 0) is 0 Å². The van der Waals surface area contributed by atoms with E-state index in [4.69, 9.17) is 16.9 Å². The predicted octanol–water partition coefficient (Wildman–Crippen LogP) is 4.29. The Bertz CT molecular complexity index is 597. The number of halogens is 1. The molecular weight excluding hydrogens is 244 g/mol. The van der Waals surface area contributed by atoms with Gasteiger partial charge in [-0.15, -0.1) is 0 Å². The van der Waals surface area contributed by atoms with Crippen LogP contribution in [0.3, 0.4) is 0 Å². The van der Waals surface area contributed by atoms with Gasteiger partial charge in [-0.25, -0.2) is 0 Å². The number of anilines is 2. The molecule has 0 saturated heterocycles. The molecule has 0 bridgehead atoms. The summed E-state index contributed by atoms with van der Waals surface area (Å²) in [5.41, 5.74) is 3.66. The van der Waals surface area contributed by atoms with E-state index in [1.54, 1.807) is 18.2 Å². The van der Waals surface area contributed by atoms with Crippen molar-refractivity contribution in [3.63, 3.8) is 0 Å². The fourth-order valence-electron chi connectivity index (χ4n) is 1.78. The second kappa shape index (κ2) is 5.12. The maximum atomic E-state index is 9.13. The summed E-state index contributed by atoms with van der Waals surface area (Å²) in [6.07, 6.45) is 0. The number of hydrogen-bond donors (Lipinski definition) is 0. The standard InChI is InChI=1S/C15H13ClN2/c1-11-3-7-14(8-4-11)18(2)15-9-13(16)6-5-12(15)10-17/h3-9H,1-2H3. The third kappa shape index (κ3) is 2.47. The smallest absolute Gasteiger partial charge is 0.101 e. The van der Waals surface area contributed by atoms with Gasteiger partial charge in [-0.3, -0.25) is 0 Å². The summed E-state index contributed by atoms with van der Waals surface area (Å²) in [6.45, 7) is 2.05. The van der Waals surface area contributed by atoms with Crippen molar-refractivity contribution in [3.8, 4) is 6.07 Å². The molecule has 0 heterocycles. The lowest BCUT2D eigenvalue weighted by atomic mass is 10.1. The van der Waals surface area contributed by atoms with Gasteiger partial charge in [-0.1, -0.05) is 29.3 Å². The molecule has 0 aromatic heterocycles. The van der Waals surface area contributed by atoms with Crippen LogP contribution < -0.4 is 4.90 Å². The Morgan fingerprint density at radius 3 is 2.39 bits per heavy atom. The first kappa shape index (κ1) is 12.5. The van der Waals surface area contributed by atoms with E-state index in [0.29, 0.717) is 10.6 Å². The van der Waals surface area contributed by atoms with Crippen molar-refractivity contribution >= 4 is 23.0 Å². The summed E-state index contributed by atoms with van der Waals surface area (Å²) in [5.74, 6) is 0. The van der Waals surface area contributed by atoms with Crippen LogP contribution in [0.15, 0.2) is 42.5 Å². The minimum Gasteiger partial charge on any atom is -0.344 e. The quantitative estimate of drug-likeness (QED) is 0.802. The summed E-state index contributed by atoms with van der Waals surface area (Å²) in [7, 11) is 1.93. The number of nitriles is 1. The van der Waals surface area contributed by atoms with Gasteiger partial charge in [0.25, 0.3) is 0 Å². The molecule has 0 aliphatic heterocycles. The molecule has 0 aliphatic carbocycles. The second-order valence-corrected chi connectivity index (χ2v) is 4.60. The van der Waals surface area contributed by atoms with Gasteiger partial charge in [0.05, 0.1) is 11.3 Å². The van der Waals surface area contributed by atoms with Crippen LogP contribution in [0.1, 0.15) is 11.1 Å². The van der Waals surface area contributed by atoms with Gasteiger partial charge in [-0.05, 0) is 37.3 Å². The first-order valence-electron chi connectivity index (χ1n) is 5.62. The molecule has 0 atom stereocenters.